The molecule has 0 aliphatic carbocycles. The molecule has 0 aliphatic heterocycles. The number of nitrogens with two attached hydrogens (primary N) is 1. The van der Waals surface area contributed by atoms with Crippen molar-refractivity contribution in [3.05, 3.63) is 11.9 Å². The van der Waals surface area contributed by atoms with Crippen LogP contribution in [0.1, 0.15) is 25.6 Å². The number of halogens is 4. The van der Waals surface area contributed by atoms with Crippen LogP contribution in [-0.2, 0) is 0 Å². The maximum Gasteiger partial charge on any atom is 0.324 e. The van der Waals surface area contributed by atoms with Gasteiger partial charge in [0.05, 0.1) is 6.54 Å². The fourth-order valence-electron chi connectivity index (χ4n) is 1.12. The predicted octanol–water partition coefficient (Wildman–Crippen LogP) is 2.49. The largest absolute Gasteiger partial charge is 0.384 e. The molecule has 4 nitrogen and oxygen atoms in total. The van der Waals surface area contributed by atoms with Crippen LogP contribution in [0.25, 0.3) is 0 Å². The summed E-state index contributed by atoms with van der Waals surface area (Å²) in [4.78, 5) is 7.82. The topological polar surface area (TPSA) is 63.8 Å². The molecule has 0 spiro atoms. The second-order valence-electron chi connectivity index (χ2n) is 4.11. The summed E-state index contributed by atoms with van der Waals surface area (Å²) in [6.07, 6.45) is -3.73. The van der Waals surface area contributed by atoms with Crippen LogP contribution in [0.4, 0.5) is 29.2 Å². The van der Waals surface area contributed by atoms with Crippen LogP contribution in [-0.4, -0.2) is 28.9 Å². The van der Waals surface area contributed by atoms with Gasteiger partial charge in [0, 0.05) is 12.0 Å². The number of hydrogen-bond donors (Lipinski definition) is 2. The first kappa shape index (κ1) is 14.5. The SMILES string of the molecule is CC(C)c1nc(N)cc(NCC(F)(F)C(F)F)n1. The highest BCUT2D eigenvalue weighted by Crippen LogP contribution is 2.23. The summed E-state index contributed by atoms with van der Waals surface area (Å²) in [6, 6.07) is 1.22. The molecule has 0 amide bonds. The molecule has 0 saturated heterocycles. The fraction of sp³-hybridized carbons (Fsp3) is 0.600. The van der Waals surface area contributed by atoms with E-state index in [4.69, 9.17) is 5.73 Å². The van der Waals surface area contributed by atoms with Crippen LogP contribution in [0, 0.1) is 0 Å². The lowest BCUT2D eigenvalue weighted by atomic mass is 10.2. The van der Waals surface area contributed by atoms with Crippen molar-refractivity contribution in [3.8, 4) is 0 Å². The van der Waals surface area contributed by atoms with Crippen LogP contribution in [0.2, 0.25) is 0 Å². The monoisotopic (exact) mass is 266 g/mol. The second-order valence-corrected chi connectivity index (χ2v) is 4.11. The molecule has 18 heavy (non-hydrogen) atoms. The van der Waals surface area contributed by atoms with Crippen molar-refractivity contribution in [2.24, 2.45) is 0 Å². The highest BCUT2D eigenvalue weighted by Gasteiger charge is 2.40. The zero-order valence-electron chi connectivity index (χ0n) is 9.92. The van der Waals surface area contributed by atoms with Gasteiger partial charge in [-0.3, -0.25) is 0 Å². The molecule has 0 radical (unpaired) electrons. The summed E-state index contributed by atoms with van der Waals surface area (Å²) in [5.74, 6) is -3.71. The van der Waals surface area contributed by atoms with Crippen molar-refractivity contribution in [1.82, 2.24) is 9.97 Å². The molecular weight excluding hydrogens is 252 g/mol. The third-order valence-corrected chi connectivity index (χ3v) is 2.10. The lowest BCUT2D eigenvalue weighted by molar-refractivity contribution is -0.117. The first-order chi connectivity index (χ1) is 8.22. The second kappa shape index (κ2) is 5.36. The van der Waals surface area contributed by atoms with Gasteiger partial charge in [-0.1, -0.05) is 13.8 Å². The maximum atomic E-state index is 12.7. The van der Waals surface area contributed by atoms with E-state index in [2.05, 4.69) is 15.3 Å². The van der Waals surface area contributed by atoms with Gasteiger partial charge in [-0.2, -0.15) is 8.78 Å². The molecule has 0 atom stereocenters. The smallest absolute Gasteiger partial charge is 0.324 e. The molecule has 0 aliphatic rings. The predicted molar refractivity (Wildman–Crippen MR) is 60.0 cm³/mol. The molecular formula is C10H14F4N4. The Balaban J connectivity index is 2.79. The van der Waals surface area contributed by atoms with E-state index in [1.807, 2.05) is 0 Å². The Hall–Kier alpha value is -1.60. The fourth-order valence-corrected chi connectivity index (χ4v) is 1.12. The minimum atomic E-state index is -4.11. The lowest BCUT2D eigenvalue weighted by Gasteiger charge is -2.16. The molecule has 1 aromatic rings. The van der Waals surface area contributed by atoms with Crippen molar-refractivity contribution >= 4 is 11.6 Å². The Kier molecular flexibility index (Phi) is 4.31. The highest BCUT2D eigenvalue weighted by atomic mass is 19.3. The highest BCUT2D eigenvalue weighted by molar-refractivity contribution is 5.45. The van der Waals surface area contributed by atoms with Crippen molar-refractivity contribution < 1.29 is 17.6 Å². The number of hydrogen-bond acceptors (Lipinski definition) is 4. The normalized spacial score (nSPS) is 12.2. The number of aromatic nitrogens is 2. The summed E-state index contributed by atoms with van der Waals surface area (Å²) in [5, 5.41) is 2.14. The van der Waals surface area contributed by atoms with Gasteiger partial charge < -0.3 is 11.1 Å². The van der Waals surface area contributed by atoms with E-state index >= 15 is 0 Å². The zero-order chi connectivity index (χ0) is 13.9. The standard InChI is InChI=1S/C10H14F4N4/c1-5(2)8-17-6(15)3-7(18-8)16-4-10(13,14)9(11)12/h3,5,9H,4H2,1-2H3,(H3,15,16,17,18). The maximum absolute atomic E-state index is 12.7. The van der Waals surface area contributed by atoms with Gasteiger partial charge >= 0.3 is 12.3 Å². The quantitative estimate of drug-likeness (QED) is 0.804. The molecule has 3 N–H and O–H groups in total. The van der Waals surface area contributed by atoms with Gasteiger partial charge in [0.15, 0.2) is 0 Å². The van der Waals surface area contributed by atoms with Crippen LogP contribution in [0.3, 0.4) is 0 Å². The Bertz CT molecular complexity index is 409. The van der Waals surface area contributed by atoms with Gasteiger partial charge in [-0.25, -0.2) is 18.7 Å². The zero-order valence-corrected chi connectivity index (χ0v) is 9.92. The van der Waals surface area contributed by atoms with E-state index in [9.17, 15) is 17.6 Å². The summed E-state index contributed by atoms with van der Waals surface area (Å²) in [5.41, 5.74) is 5.47. The van der Waals surface area contributed by atoms with Gasteiger partial charge in [-0.05, 0) is 0 Å². The summed E-state index contributed by atoms with van der Waals surface area (Å²) >= 11 is 0. The number of anilines is 2. The third-order valence-electron chi connectivity index (χ3n) is 2.10. The Morgan fingerprint density at radius 3 is 2.44 bits per heavy atom. The molecule has 0 fully saturated rings. The molecule has 1 heterocycles. The number of rotatable bonds is 5. The van der Waals surface area contributed by atoms with Crippen LogP contribution < -0.4 is 11.1 Å². The molecule has 1 rings (SSSR count). The molecule has 0 unspecified atom stereocenters. The van der Waals surface area contributed by atoms with Crippen molar-refractivity contribution in [2.75, 3.05) is 17.6 Å². The number of nitrogen functional groups attached to an aromatic ring is 1. The van der Waals surface area contributed by atoms with E-state index < -0.39 is 18.9 Å². The lowest BCUT2D eigenvalue weighted by Crippen LogP contribution is -2.35. The van der Waals surface area contributed by atoms with E-state index in [0.29, 0.717) is 5.82 Å². The molecule has 0 saturated carbocycles. The average Bonchev–Trinajstić information content (AvgIpc) is 2.25. The van der Waals surface area contributed by atoms with Crippen LogP contribution >= 0.6 is 0 Å². The summed E-state index contributed by atoms with van der Waals surface area (Å²) in [6.45, 7) is 2.39. The Morgan fingerprint density at radius 2 is 1.94 bits per heavy atom. The van der Waals surface area contributed by atoms with Gasteiger partial charge in [0.1, 0.15) is 17.5 Å². The van der Waals surface area contributed by atoms with Gasteiger partial charge in [-0.15, -0.1) is 0 Å². The van der Waals surface area contributed by atoms with E-state index in [-0.39, 0.29) is 17.6 Å². The van der Waals surface area contributed by atoms with Crippen LogP contribution in [0.5, 0.6) is 0 Å². The number of nitrogens with one attached hydrogen (secondary N) is 1. The molecule has 0 aromatic carbocycles. The van der Waals surface area contributed by atoms with Gasteiger partial charge in [0.2, 0.25) is 0 Å². The van der Waals surface area contributed by atoms with Crippen molar-refractivity contribution in [2.45, 2.75) is 32.1 Å². The molecule has 0 bridgehead atoms. The Morgan fingerprint density at radius 1 is 1.33 bits per heavy atom. The van der Waals surface area contributed by atoms with E-state index in [1.165, 1.54) is 6.07 Å². The number of nitrogens with zero attached hydrogens (tertiary/aromatic N) is 2. The first-order valence-corrected chi connectivity index (χ1v) is 5.26. The minimum Gasteiger partial charge on any atom is -0.384 e. The third kappa shape index (κ3) is 3.71. The minimum absolute atomic E-state index is 0.00604. The van der Waals surface area contributed by atoms with Gasteiger partial charge in [0.25, 0.3) is 0 Å². The molecule has 1 aromatic heterocycles. The van der Waals surface area contributed by atoms with E-state index in [1.54, 1.807) is 13.8 Å². The van der Waals surface area contributed by atoms with Crippen molar-refractivity contribution in [1.29, 1.82) is 0 Å². The molecule has 102 valence electrons. The molecule has 8 heteroatoms. The summed E-state index contributed by atoms with van der Waals surface area (Å²) in [7, 11) is 0. The van der Waals surface area contributed by atoms with E-state index in [0.717, 1.165) is 0 Å². The first-order valence-electron chi connectivity index (χ1n) is 5.26. The number of alkyl halides is 4. The Labute approximate surface area is 102 Å². The van der Waals surface area contributed by atoms with Crippen molar-refractivity contribution in [3.63, 3.8) is 0 Å². The van der Waals surface area contributed by atoms with Crippen LogP contribution in [0.15, 0.2) is 6.07 Å². The summed E-state index contributed by atoms with van der Waals surface area (Å²) < 4.78 is 49.3. The average molecular weight is 266 g/mol.